The maximum atomic E-state index is 4.23. The van der Waals surface area contributed by atoms with Gasteiger partial charge in [-0.3, -0.25) is 4.98 Å². The van der Waals surface area contributed by atoms with E-state index in [4.69, 9.17) is 0 Å². The fourth-order valence-corrected chi connectivity index (χ4v) is 2.04. The van der Waals surface area contributed by atoms with Crippen molar-refractivity contribution < 1.29 is 0 Å². The first-order valence-corrected chi connectivity index (χ1v) is 5.83. The van der Waals surface area contributed by atoms with Crippen LogP contribution >= 0.6 is 11.3 Å². The molecule has 4 heteroatoms. The van der Waals surface area contributed by atoms with Crippen molar-refractivity contribution in [3.63, 3.8) is 0 Å². The van der Waals surface area contributed by atoms with Gasteiger partial charge in [0.05, 0.1) is 5.69 Å². The van der Waals surface area contributed by atoms with E-state index in [1.165, 1.54) is 5.56 Å². The molecule has 0 unspecified atom stereocenters. The van der Waals surface area contributed by atoms with Gasteiger partial charge in [-0.05, 0) is 35.7 Å². The number of nitrogens with zero attached hydrogens (tertiary/aromatic N) is 2. The van der Waals surface area contributed by atoms with Crippen LogP contribution in [0.25, 0.3) is 0 Å². The van der Waals surface area contributed by atoms with E-state index in [-0.39, 0.29) is 0 Å². The Kier molecular flexibility index (Phi) is 3.29. The van der Waals surface area contributed by atoms with E-state index in [9.17, 15) is 0 Å². The van der Waals surface area contributed by atoms with Crippen molar-refractivity contribution in [1.29, 1.82) is 0 Å². The third kappa shape index (κ3) is 2.76. The molecule has 0 aliphatic heterocycles. The molecular weight excluding hydrogens is 206 g/mol. The molecule has 2 aromatic heterocycles. The second-order valence-corrected chi connectivity index (χ2v) is 4.08. The molecule has 1 N–H and O–H groups in total. The molecule has 0 amide bonds. The highest BCUT2D eigenvalue weighted by Crippen LogP contribution is 2.09. The first-order chi connectivity index (χ1) is 7.36. The highest BCUT2D eigenvalue weighted by atomic mass is 32.1. The summed E-state index contributed by atoms with van der Waals surface area (Å²) in [5, 5.41) is 7.55. The fourth-order valence-electron chi connectivity index (χ4n) is 1.34. The van der Waals surface area contributed by atoms with Gasteiger partial charge in [0.15, 0.2) is 0 Å². The molecule has 2 rings (SSSR count). The molecule has 78 valence electrons. The third-order valence-corrected chi connectivity index (χ3v) is 2.90. The third-order valence-electron chi connectivity index (χ3n) is 2.17. The standard InChI is InChI=1S/C11H13N3S/c1-9-11(14-6-5-12-9)13-4-2-10-3-7-15-8-10/h3,5-8H,2,4H2,1H3,(H,13,14). The van der Waals surface area contributed by atoms with Gasteiger partial charge in [0.1, 0.15) is 5.82 Å². The molecule has 2 heterocycles. The van der Waals surface area contributed by atoms with E-state index in [1.54, 1.807) is 23.7 Å². The predicted octanol–water partition coefficient (Wildman–Crippen LogP) is 2.50. The highest BCUT2D eigenvalue weighted by molar-refractivity contribution is 7.07. The minimum Gasteiger partial charge on any atom is -0.368 e. The number of aromatic nitrogens is 2. The molecule has 0 saturated carbocycles. The maximum absolute atomic E-state index is 4.23. The van der Waals surface area contributed by atoms with Gasteiger partial charge in [-0.25, -0.2) is 4.98 Å². The summed E-state index contributed by atoms with van der Waals surface area (Å²) in [6.07, 6.45) is 4.44. The lowest BCUT2D eigenvalue weighted by Crippen LogP contribution is -2.07. The van der Waals surface area contributed by atoms with Crippen LogP contribution in [0.5, 0.6) is 0 Å². The Morgan fingerprint density at radius 1 is 1.33 bits per heavy atom. The van der Waals surface area contributed by atoms with Crippen LogP contribution in [0.2, 0.25) is 0 Å². The van der Waals surface area contributed by atoms with Gasteiger partial charge < -0.3 is 5.32 Å². The normalized spacial score (nSPS) is 10.2. The van der Waals surface area contributed by atoms with E-state index in [2.05, 4.69) is 32.1 Å². The predicted molar refractivity (Wildman–Crippen MR) is 63.3 cm³/mol. The molecule has 0 radical (unpaired) electrons. The van der Waals surface area contributed by atoms with Gasteiger partial charge in [-0.15, -0.1) is 0 Å². The molecule has 0 bridgehead atoms. The van der Waals surface area contributed by atoms with Gasteiger partial charge in [0.25, 0.3) is 0 Å². The smallest absolute Gasteiger partial charge is 0.147 e. The van der Waals surface area contributed by atoms with Gasteiger partial charge >= 0.3 is 0 Å². The van der Waals surface area contributed by atoms with E-state index in [0.717, 1.165) is 24.5 Å². The Balaban J connectivity index is 1.86. The lowest BCUT2D eigenvalue weighted by molar-refractivity contribution is 0.992. The first kappa shape index (κ1) is 10.1. The van der Waals surface area contributed by atoms with Crippen molar-refractivity contribution in [2.75, 3.05) is 11.9 Å². The molecule has 2 aromatic rings. The summed E-state index contributed by atoms with van der Waals surface area (Å²) in [6.45, 7) is 2.86. The number of hydrogen-bond donors (Lipinski definition) is 1. The molecule has 0 fully saturated rings. The Bertz CT molecular complexity index is 412. The lowest BCUT2D eigenvalue weighted by Gasteiger charge is -2.05. The minimum atomic E-state index is 0.882. The van der Waals surface area contributed by atoms with Gasteiger partial charge in [0.2, 0.25) is 0 Å². The molecule has 15 heavy (non-hydrogen) atoms. The number of rotatable bonds is 4. The van der Waals surface area contributed by atoms with E-state index >= 15 is 0 Å². The summed E-state index contributed by atoms with van der Waals surface area (Å²) < 4.78 is 0. The van der Waals surface area contributed by atoms with Crippen LogP contribution < -0.4 is 5.32 Å². The summed E-state index contributed by atoms with van der Waals surface area (Å²) in [6, 6.07) is 2.15. The summed E-state index contributed by atoms with van der Waals surface area (Å²) in [4.78, 5) is 8.40. The molecular formula is C11H13N3S. The van der Waals surface area contributed by atoms with Crippen LogP contribution in [-0.2, 0) is 6.42 Å². The van der Waals surface area contributed by atoms with Crippen LogP contribution in [0.4, 0.5) is 5.82 Å². The van der Waals surface area contributed by atoms with E-state index < -0.39 is 0 Å². The quantitative estimate of drug-likeness (QED) is 0.858. The van der Waals surface area contributed by atoms with Crippen LogP contribution in [0.3, 0.4) is 0 Å². The number of nitrogens with one attached hydrogen (secondary N) is 1. The van der Waals surface area contributed by atoms with Crippen LogP contribution in [0.1, 0.15) is 11.3 Å². The van der Waals surface area contributed by atoms with E-state index in [1.807, 2.05) is 6.92 Å². The van der Waals surface area contributed by atoms with Crippen molar-refractivity contribution in [3.8, 4) is 0 Å². The molecule has 3 nitrogen and oxygen atoms in total. The first-order valence-electron chi connectivity index (χ1n) is 4.89. The number of aryl methyl sites for hydroxylation is 1. The van der Waals surface area contributed by atoms with Crippen molar-refractivity contribution in [2.24, 2.45) is 0 Å². The SMILES string of the molecule is Cc1nccnc1NCCc1ccsc1. The Morgan fingerprint density at radius 2 is 2.20 bits per heavy atom. The zero-order valence-electron chi connectivity index (χ0n) is 8.60. The molecule has 0 aromatic carbocycles. The topological polar surface area (TPSA) is 37.8 Å². The average molecular weight is 219 g/mol. The zero-order valence-corrected chi connectivity index (χ0v) is 9.42. The van der Waals surface area contributed by atoms with Gasteiger partial charge in [0, 0.05) is 18.9 Å². The van der Waals surface area contributed by atoms with Crippen LogP contribution in [-0.4, -0.2) is 16.5 Å². The van der Waals surface area contributed by atoms with Gasteiger partial charge in [-0.1, -0.05) is 0 Å². The molecule has 0 aliphatic rings. The summed E-state index contributed by atoms with van der Waals surface area (Å²) >= 11 is 1.73. The molecule has 0 spiro atoms. The van der Waals surface area contributed by atoms with Crippen molar-refractivity contribution in [1.82, 2.24) is 9.97 Å². The Hall–Kier alpha value is -1.42. The average Bonchev–Trinajstić information content (AvgIpc) is 2.74. The molecule has 0 saturated heterocycles. The highest BCUT2D eigenvalue weighted by Gasteiger charge is 1.98. The number of thiophene rings is 1. The summed E-state index contributed by atoms with van der Waals surface area (Å²) in [5.41, 5.74) is 2.32. The van der Waals surface area contributed by atoms with Crippen molar-refractivity contribution in [2.45, 2.75) is 13.3 Å². The lowest BCUT2D eigenvalue weighted by atomic mass is 10.2. The fraction of sp³-hybridized carbons (Fsp3) is 0.273. The van der Waals surface area contributed by atoms with Gasteiger partial charge in [-0.2, -0.15) is 11.3 Å². The van der Waals surface area contributed by atoms with Crippen molar-refractivity contribution >= 4 is 17.2 Å². The summed E-state index contributed by atoms with van der Waals surface area (Å²) in [5.74, 6) is 0.882. The Labute approximate surface area is 93.2 Å². The Morgan fingerprint density at radius 3 is 2.93 bits per heavy atom. The monoisotopic (exact) mass is 219 g/mol. The van der Waals surface area contributed by atoms with Crippen LogP contribution in [0, 0.1) is 6.92 Å². The number of anilines is 1. The van der Waals surface area contributed by atoms with Crippen molar-refractivity contribution in [3.05, 3.63) is 40.5 Å². The minimum absolute atomic E-state index is 0.882. The molecule has 0 atom stereocenters. The summed E-state index contributed by atoms with van der Waals surface area (Å²) in [7, 11) is 0. The van der Waals surface area contributed by atoms with E-state index in [0.29, 0.717) is 0 Å². The second-order valence-electron chi connectivity index (χ2n) is 3.30. The second kappa shape index (κ2) is 4.89. The largest absolute Gasteiger partial charge is 0.368 e. The number of hydrogen-bond acceptors (Lipinski definition) is 4. The van der Waals surface area contributed by atoms with Crippen LogP contribution in [0.15, 0.2) is 29.2 Å². The zero-order chi connectivity index (χ0) is 10.5. The maximum Gasteiger partial charge on any atom is 0.147 e. The molecule has 0 aliphatic carbocycles.